The minimum atomic E-state index is -3.74. The van der Waals surface area contributed by atoms with Gasteiger partial charge in [-0.15, -0.1) is 0 Å². The third kappa shape index (κ3) is 2.76. The Bertz CT molecular complexity index is 581. The van der Waals surface area contributed by atoms with Crippen molar-refractivity contribution in [3.63, 3.8) is 0 Å². The van der Waals surface area contributed by atoms with Crippen molar-refractivity contribution in [3.05, 3.63) is 23.8 Å². The number of esters is 1. The number of benzene rings is 1. The first-order valence-corrected chi connectivity index (χ1v) is 7.52. The lowest BCUT2D eigenvalue weighted by Gasteiger charge is -2.08. The van der Waals surface area contributed by atoms with Gasteiger partial charge in [0.2, 0.25) is 0 Å². The first-order valence-electron chi connectivity index (χ1n) is 5.21. The van der Waals surface area contributed by atoms with Crippen molar-refractivity contribution in [1.29, 1.82) is 0 Å². The summed E-state index contributed by atoms with van der Waals surface area (Å²) >= 11 is 0. The Balaban J connectivity index is 2.18. The fourth-order valence-corrected chi connectivity index (χ4v) is 2.63. The summed E-state index contributed by atoms with van der Waals surface area (Å²) in [7, 11) is 2.82. The number of carbonyl (C=O) groups excluding carboxylic acids is 1. The summed E-state index contributed by atoms with van der Waals surface area (Å²) < 4.78 is 32.4. The van der Waals surface area contributed by atoms with Gasteiger partial charge < -0.3 is 9.47 Å². The molecule has 0 radical (unpaired) electrons. The molecular weight excluding hydrogens is 280 g/mol. The summed E-state index contributed by atoms with van der Waals surface area (Å²) in [5.74, 6) is 0.214. The van der Waals surface area contributed by atoms with E-state index in [4.69, 9.17) is 15.4 Å². The Morgan fingerprint density at radius 1 is 1.56 bits per heavy atom. The molecule has 2 rings (SSSR count). The maximum absolute atomic E-state index is 11.2. The molecule has 1 aromatic carbocycles. The van der Waals surface area contributed by atoms with Crippen LogP contribution < -0.4 is 4.74 Å². The second kappa shape index (κ2) is 4.78. The number of methoxy groups -OCH3 is 1. The second-order valence-corrected chi connectivity index (χ2v) is 6.50. The van der Waals surface area contributed by atoms with Crippen LogP contribution in [-0.2, 0) is 25.0 Å². The zero-order valence-corrected chi connectivity index (χ0v) is 11.1. The lowest BCUT2D eigenvalue weighted by atomic mass is 10.1. The Hall–Kier alpha value is -1.27. The fraction of sp³-hybridized carbons (Fsp3) is 0.364. The fourth-order valence-electron chi connectivity index (χ4n) is 1.83. The molecule has 0 saturated heterocycles. The second-order valence-electron chi connectivity index (χ2n) is 3.93. The lowest BCUT2D eigenvalue weighted by molar-refractivity contribution is -0.142. The lowest BCUT2D eigenvalue weighted by Crippen LogP contribution is -2.18. The van der Waals surface area contributed by atoms with Crippen molar-refractivity contribution in [2.45, 2.75) is 23.8 Å². The van der Waals surface area contributed by atoms with Gasteiger partial charge >= 0.3 is 5.97 Å². The molecule has 0 amide bonds. The van der Waals surface area contributed by atoms with E-state index in [1.807, 2.05) is 0 Å². The van der Waals surface area contributed by atoms with Crippen LogP contribution in [0.5, 0.6) is 5.75 Å². The smallest absolute Gasteiger partial charge is 0.309 e. The van der Waals surface area contributed by atoms with E-state index in [1.165, 1.54) is 19.2 Å². The quantitative estimate of drug-likeness (QED) is 0.623. The zero-order chi connectivity index (χ0) is 13.3. The molecule has 1 unspecified atom stereocenters. The molecule has 1 aliphatic rings. The van der Waals surface area contributed by atoms with Crippen LogP contribution in [0.3, 0.4) is 0 Å². The van der Waals surface area contributed by atoms with Crippen LogP contribution in [0.2, 0.25) is 0 Å². The monoisotopic (exact) mass is 290 g/mol. The predicted octanol–water partition coefficient (Wildman–Crippen LogP) is 1.48. The largest absolute Gasteiger partial charge is 0.489 e. The summed E-state index contributed by atoms with van der Waals surface area (Å²) in [6.45, 7) is 0. The van der Waals surface area contributed by atoms with E-state index in [2.05, 4.69) is 4.74 Å². The normalized spacial score (nSPS) is 18.0. The molecule has 0 fully saturated rings. The third-order valence-corrected chi connectivity index (χ3v) is 4.03. The van der Waals surface area contributed by atoms with E-state index in [9.17, 15) is 13.2 Å². The van der Waals surface area contributed by atoms with Crippen LogP contribution in [0.1, 0.15) is 12.0 Å². The minimum Gasteiger partial charge on any atom is -0.489 e. The van der Waals surface area contributed by atoms with Crippen LogP contribution in [0.15, 0.2) is 23.1 Å². The highest BCUT2D eigenvalue weighted by atomic mass is 35.7. The molecule has 5 nitrogen and oxygen atoms in total. The molecule has 0 N–H and O–H groups in total. The first kappa shape index (κ1) is 13.2. The maximum atomic E-state index is 11.2. The van der Waals surface area contributed by atoms with Gasteiger partial charge in [0, 0.05) is 17.1 Å². The van der Waals surface area contributed by atoms with Crippen LogP contribution in [-0.4, -0.2) is 27.6 Å². The van der Waals surface area contributed by atoms with Gasteiger partial charge in [0.25, 0.3) is 9.05 Å². The van der Waals surface area contributed by atoms with E-state index >= 15 is 0 Å². The van der Waals surface area contributed by atoms with Crippen LogP contribution in [0.25, 0.3) is 0 Å². The van der Waals surface area contributed by atoms with E-state index in [-0.39, 0.29) is 23.4 Å². The number of hydrogen-bond donors (Lipinski definition) is 0. The van der Waals surface area contributed by atoms with Crippen LogP contribution >= 0.6 is 10.7 Å². The van der Waals surface area contributed by atoms with Gasteiger partial charge in [0.05, 0.1) is 18.4 Å². The number of rotatable bonds is 3. The van der Waals surface area contributed by atoms with Gasteiger partial charge in [-0.05, 0) is 23.8 Å². The highest BCUT2D eigenvalue weighted by molar-refractivity contribution is 8.13. The van der Waals surface area contributed by atoms with Crippen molar-refractivity contribution in [2.75, 3.05) is 7.11 Å². The average Bonchev–Trinajstić information content (AvgIpc) is 2.68. The van der Waals surface area contributed by atoms with E-state index in [0.717, 1.165) is 5.56 Å². The number of halogens is 1. The Kier molecular flexibility index (Phi) is 3.49. The maximum Gasteiger partial charge on any atom is 0.309 e. The molecule has 0 spiro atoms. The summed E-state index contributed by atoms with van der Waals surface area (Å²) in [5, 5.41) is 0. The highest BCUT2D eigenvalue weighted by Gasteiger charge is 2.26. The first-order chi connectivity index (χ1) is 8.40. The van der Waals surface area contributed by atoms with Crippen LogP contribution in [0, 0.1) is 0 Å². The van der Waals surface area contributed by atoms with Crippen molar-refractivity contribution in [2.24, 2.45) is 0 Å². The van der Waals surface area contributed by atoms with Gasteiger partial charge in [-0.3, -0.25) is 4.79 Å². The topological polar surface area (TPSA) is 69.7 Å². The van der Waals surface area contributed by atoms with Crippen molar-refractivity contribution in [1.82, 2.24) is 0 Å². The number of fused-ring (bicyclic) bond motifs is 1. The molecule has 7 heteroatoms. The van der Waals surface area contributed by atoms with Crippen molar-refractivity contribution < 1.29 is 22.7 Å². The summed E-state index contributed by atoms with van der Waals surface area (Å²) in [4.78, 5) is 11.2. The van der Waals surface area contributed by atoms with Crippen molar-refractivity contribution >= 4 is 25.7 Å². The summed E-state index contributed by atoms with van der Waals surface area (Å²) in [6.07, 6.45) is 0.277. The Morgan fingerprint density at radius 2 is 2.28 bits per heavy atom. The number of carbonyl (C=O) groups is 1. The van der Waals surface area contributed by atoms with Gasteiger partial charge in [0.15, 0.2) is 0 Å². The van der Waals surface area contributed by atoms with Gasteiger partial charge in [-0.25, -0.2) is 8.42 Å². The molecule has 98 valence electrons. The van der Waals surface area contributed by atoms with E-state index in [0.29, 0.717) is 12.2 Å². The molecular formula is C11H11ClO5S. The Labute approximate surface area is 109 Å². The molecule has 1 heterocycles. The van der Waals surface area contributed by atoms with Gasteiger partial charge in [0.1, 0.15) is 11.9 Å². The predicted molar refractivity (Wildman–Crippen MR) is 64.2 cm³/mol. The molecule has 0 aromatic heterocycles. The molecule has 1 aliphatic heterocycles. The number of ether oxygens (including phenoxy) is 2. The molecule has 0 bridgehead atoms. The van der Waals surface area contributed by atoms with Crippen LogP contribution in [0.4, 0.5) is 0 Å². The molecule has 0 saturated carbocycles. The number of hydrogen-bond acceptors (Lipinski definition) is 5. The molecule has 0 aliphatic carbocycles. The molecule has 18 heavy (non-hydrogen) atoms. The van der Waals surface area contributed by atoms with E-state index in [1.54, 1.807) is 6.07 Å². The summed E-state index contributed by atoms with van der Waals surface area (Å²) in [6, 6.07) is 4.39. The minimum absolute atomic E-state index is 0.0326. The molecule has 1 atom stereocenters. The van der Waals surface area contributed by atoms with Gasteiger partial charge in [-0.1, -0.05) is 0 Å². The standard InChI is InChI=1S/C11H11ClO5S/c1-16-11(13)6-8-4-7-5-9(18(12,14)15)2-3-10(7)17-8/h2-3,5,8H,4,6H2,1H3. The zero-order valence-electron chi connectivity index (χ0n) is 9.55. The highest BCUT2D eigenvalue weighted by Crippen LogP contribution is 2.32. The molecule has 1 aromatic rings. The Morgan fingerprint density at radius 3 is 2.89 bits per heavy atom. The third-order valence-electron chi connectivity index (χ3n) is 2.68. The van der Waals surface area contributed by atoms with Crippen molar-refractivity contribution in [3.8, 4) is 5.75 Å². The van der Waals surface area contributed by atoms with E-state index < -0.39 is 9.05 Å². The SMILES string of the molecule is COC(=O)CC1Cc2cc(S(=O)(=O)Cl)ccc2O1. The summed E-state index contributed by atoms with van der Waals surface area (Å²) in [5.41, 5.74) is 0.727. The average molecular weight is 291 g/mol. The van der Waals surface area contributed by atoms with Gasteiger partial charge in [-0.2, -0.15) is 0 Å².